The van der Waals surface area contributed by atoms with Crippen molar-refractivity contribution in [1.82, 2.24) is 4.57 Å². The van der Waals surface area contributed by atoms with Gasteiger partial charge in [-0.2, -0.15) is 0 Å². The Bertz CT molecular complexity index is 2810. The van der Waals surface area contributed by atoms with Crippen LogP contribution in [0.15, 0.2) is 182 Å². The van der Waals surface area contributed by atoms with E-state index in [0.29, 0.717) is 0 Å². The van der Waals surface area contributed by atoms with E-state index in [1.807, 2.05) is 11.3 Å². The number of fused-ring (bicyclic) bond motifs is 8. The summed E-state index contributed by atoms with van der Waals surface area (Å²) in [4.78, 5) is 2.39. The Hall–Kier alpha value is -6.16. The van der Waals surface area contributed by atoms with E-state index in [0.717, 1.165) is 22.7 Å². The van der Waals surface area contributed by atoms with Gasteiger partial charge in [0.05, 0.1) is 16.7 Å². The summed E-state index contributed by atoms with van der Waals surface area (Å²) in [6.45, 7) is 0. The van der Waals surface area contributed by atoms with Crippen molar-refractivity contribution in [2.45, 2.75) is 0 Å². The first kappa shape index (κ1) is 27.9. The largest absolute Gasteiger partial charge is 0.308 e. The molecule has 3 heteroatoms. The highest BCUT2D eigenvalue weighted by Crippen LogP contribution is 2.44. The molecule has 0 unspecified atom stereocenters. The number of hydrogen-bond acceptors (Lipinski definition) is 2. The van der Waals surface area contributed by atoms with E-state index in [2.05, 4.69) is 191 Å². The van der Waals surface area contributed by atoms with Gasteiger partial charge in [-0.25, -0.2) is 0 Å². The molecule has 2 aromatic heterocycles. The third-order valence-corrected chi connectivity index (χ3v) is 10.9. The number of thiophene rings is 1. The van der Waals surface area contributed by atoms with Crippen LogP contribution >= 0.6 is 11.3 Å². The molecular weight excluding hydrogens is 613 g/mol. The molecular formula is C46H30N2S. The zero-order chi connectivity index (χ0) is 32.3. The summed E-state index contributed by atoms with van der Waals surface area (Å²) in [5.74, 6) is 0. The Kier molecular flexibility index (Phi) is 6.39. The van der Waals surface area contributed by atoms with Gasteiger partial charge in [0.15, 0.2) is 0 Å². The topological polar surface area (TPSA) is 8.17 Å². The SMILES string of the molecule is c1ccc(N(c2ccc(-c3ccc4c(c3)sc3ccc5ccccc5c34)cc2)c2cccc3c4ccccc4n(-c4ccccc4)c23)cc1. The smallest absolute Gasteiger partial charge is 0.0782 e. The van der Waals surface area contributed by atoms with E-state index in [-0.39, 0.29) is 0 Å². The Morgan fingerprint density at radius 2 is 1.10 bits per heavy atom. The molecule has 2 nitrogen and oxygen atoms in total. The van der Waals surface area contributed by atoms with Crippen molar-refractivity contribution < 1.29 is 0 Å². The maximum absolute atomic E-state index is 2.41. The summed E-state index contributed by atoms with van der Waals surface area (Å²) >= 11 is 1.88. The van der Waals surface area contributed by atoms with Gasteiger partial charge in [0, 0.05) is 48.0 Å². The molecule has 2 heterocycles. The molecule has 0 atom stereocenters. The van der Waals surface area contributed by atoms with Crippen molar-refractivity contribution in [2.75, 3.05) is 4.90 Å². The molecule has 230 valence electrons. The van der Waals surface area contributed by atoms with Gasteiger partial charge >= 0.3 is 0 Å². The Labute approximate surface area is 288 Å². The van der Waals surface area contributed by atoms with Crippen molar-refractivity contribution in [3.63, 3.8) is 0 Å². The Morgan fingerprint density at radius 1 is 0.429 bits per heavy atom. The summed E-state index contributed by atoms with van der Waals surface area (Å²) in [6, 6.07) is 66.0. The minimum Gasteiger partial charge on any atom is -0.308 e. The fourth-order valence-electron chi connectivity index (χ4n) is 7.56. The van der Waals surface area contributed by atoms with E-state index in [1.54, 1.807) is 0 Å². The monoisotopic (exact) mass is 642 g/mol. The van der Waals surface area contributed by atoms with Gasteiger partial charge in [-0.05, 0) is 82.6 Å². The second-order valence-corrected chi connectivity index (χ2v) is 13.6. The van der Waals surface area contributed by atoms with Gasteiger partial charge in [0.2, 0.25) is 0 Å². The van der Waals surface area contributed by atoms with Crippen LogP contribution in [0.4, 0.5) is 17.1 Å². The van der Waals surface area contributed by atoms with Gasteiger partial charge < -0.3 is 9.47 Å². The molecule has 10 aromatic rings. The Morgan fingerprint density at radius 3 is 1.94 bits per heavy atom. The molecule has 8 aromatic carbocycles. The van der Waals surface area contributed by atoms with Crippen molar-refractivity contribution >= 4 is 81.1 Å². The second kappa shape index (κ2) is 11.2. The van der Waals surface area contributed by atoms with Crippen molar-refractivity contribution in [1.29, 1.82) is 0 Å². The minimum atomic E-state index is 1.11. The van der Waals surface area contributed by atoms with Gasteiger partial charge in [-0.1, -0.05) is 121 Å². The van der Waals surface area contributed by atoms with Crippen LogP contribution in [0.2, 0.25) is 0 Å². The quantitative estimate of drug-likeness (QED) is 0.181. The molecule has 0 saturated carbocycles. The average molecular weight is 643 g/mol. The predicted molar refractivity (Wildman–Crippen MR) is 211 cm³/mol. The van der Waals surface area contributed by atoms with E-state index in [1.165, 1.54) is 63.9 Å². The van der Waals surface area contributed by atoms with Gasteiger partial charge in [-0.15, -0.1) is 11.3 Å². The van der Waals surface area contributed by atoms with Crippen LogP contribution in [0.3, 0.4) is 0 Å². The van der Waals surface area contributed by atoms with E-state index < -0.39 is 0 Å². The lowest BCUT2D eigenvalue weighted by Crippen LogP contribution is -2.11. The number of rotatable bonds is 5. The fraction of sp³-hybridized carbons (Fsp3) is 0. The molecule has 0 aliphatic rings. The summed E-state index contributed by atoms with van der Waals surface area (Å²) in [7, 11) is 0. The lowest BCUT2D eigenvalue weighted by Gasteiger charge is -2.27. The number of hydrogen-bond donors (Lipinski definition) is 0. The molecule has 0 aliphatic heterocycles. The summed E-state index contributed by atoms with van der Waals surface area (Å²) in [5, 5.41) is 7.79. The van der Waals surface area contributed by atoms with Crippen molar-refractivity contribution in [2.24, 2.45) is 0 Å². The van der Waals surface area contributed by atoms with Gasteiger partial charge in [-0.3, -0.25) is 0 Å². The minimum absolute atomic E-state index is 1.11. The van der Waals surface area contributed by atoms with Crippen LogP contribution in [0.5, 0.6) is 0 Å². The lowest BCUT2D eigenvalue weighted by atomic mass is 10.0. The third kappa shape index (κ3) is 4.47. The summed E-state index contributed by atoms with van der Waals surface area (Å²) in [5.41, 5.74) is 9.33. The molecule has 10 rings (SSSR count). The average Bonchev–Trinajstić information content (AvgIpc) is 3.72. The Balaban J connectivity index is 1.13. The molecule has 0 spiro atoms. The fourth-order valence-corrected chi connectivity index (χ4v) is 8.72. The number of anilines is 3. The predicted octanol–water partition coefficient (Wildman–Crippen LogP) is 13.4. The zero-order valence-electron chi connectivity index (χ0n) is 26.6. The van der Waals surface area contributed by atoms with Crippen LogP contribution in [0, 0.1) is 0 Å². The molecule has 0 radical (unpaired) electrons. The zero-order valence-corrected chi connectivity index (χ0v) is 27.4. The van der Waals surface area contributed by atoms with Crippen LogP contribution in [-0.2, 0) is 0 Å². The summed E-state index contributed by atoms with van der Waals surface area (Å²) in [6.07, 6.45) is 0. The highest BCUT2D eigenvalue weighted by molar-refractivity contribution is 7.26. The van der Waals surface area contributed by atoms with Crippen LogP contribution in [0.25, 0.3) is 69.6 Å². The molecule has 49 heavy (non-hydrogen) atoms. The maximum Gasteiger partial charge on any atom is 0.0782 e. The highest BCUT2D eigenvalue weighted by atomic mass is 32.1. The second-order valence-electron chi connectivity index (χ2n) is 12.6. The highest BCUT2D eigenvalue weighted by Gasteiger charge is 2.21. The number of nitrogens with zero attached hydrogens (tertiary/aromatic N) is 2. The summed E-state index contributed by atoms with van der Waals surface area (Å²) < 4.78 is 5.06. The van der Waals surface area contributed by atoms with Crippen molar-refractivity contribution in [3.05, 3.63) is 182 Å². The number of aromatic nitrogens is 1. The van der Waals surface area contributed by atoms with Crippen molar-refractivity contribution in [3.8, 4) is 16.8 Å². The standard InChI is InChI=1S/C46H30N2S/c1-3-13-34(14-4-1)47(42-21-11-19-39-38-18-9-10-20-41(38)48(46(39)42)35-15-5-2-6-16-35)36-26-22-31(23-27-36)33-24-28-40-44(30-33)49-43-29-25-32-12-7-8-17-37(32)45(40)43/h1-30H. The third-order valence-electron chi connectivity index (χ3n) is 9.76. The molecule has 0 N–H and O–H groups in total. The van der Waals surface area contributed by atoms with E-state index in [9.17, 15) is 0 Å². The molecule has 0 fully saturated rings. The molecule has 0 bridgehead atoms. The molecule has 0 aliphatic carbocycles. The van der Waals surface area contributed by atoms with Crippen LogP contribution in [0.1, 0.15) is 0 Å². The lowest BCUT2D eigenvalue weighted by molar-refractivity contribution is 1.17. The van der Waals surface area contributed by atoms with E-state index in [4.69, 9.17) is 0 Å². The van der Waals surface area contributed by atoms with Gasteiger partial charge in [0.1, 0.15) is 0 Å². The van der Waals surface area contributed by atoms with Crippen LogP contribution < -0.4 is 4.90 Å². The first-order valence-corrected chi connectivity index (χ1v) is 17.5. The normalized spacial score (nSPS) is 11.7. The van der Waals surface area contributed by atoms with Crippen LogP contribution in [-0.4, -0.2) is 4.57 Å². The molecule has 0 saturated heterocycles. The number of benzene rings is 8. The first-order valence-electron chi connectivity index (χ1n) is 16.7. The number of para-hydroxylation sites is 4. The van der Waals surface area contributed by atoms with Gasteiger partial charge in [0.25, 0.3) is 0 Å². The van der Waals surface area contributed by atoms with E-state index >= 15 is 0 Å². The maximum atomic E-state index is 2.41. The first-order chi connectivity index (χ1) is 24.3. The molecule has 0 amide bonds.